The molecule has 0 amide bonds. The molecule has 8 heteroatoms. The third kappa shape index (κ3) is 4.09. The summed E-state index contributed by atoms with van der Waals surface area (Å²) in [5.74, 6) is -0.486. The Morgan fingerprint density at radius 1 is 1.33 bits per heavy atom. The summed E-state index contributed by atoms with van der Waals surface area (Å²) in [7, 11) is 0. The molecule has 3 rings (SSSR count). The van der Waals surface area contributed by atoms with Crippen LogP contribution in [0.15, 0.2) is 57.3 Å². The largest absolute Gasteiger partial charge is 0.353 e. The number of aromatic amines is 2. The predicted octanol–water partition coefficient (Wildman–Crippen LogP) is 5.56. The normalized spacial score (nSPS) is 13.0. The van der Waals surface area contributed by atoms with Crippen LogP contribution >= 0.6 is 23.4 Å². The number of hydrogen-bond donors (Lipinski definition) is 3. The van der Waals surface area contributed by atoms with Gasteiger partial charge in [0.1, 0.15) is 11.5 Å². The smallest absolute Gasteiger partial charge is 0.256 e. The van der Waals surface area contributed by atoms with E-state index in [-0.39, 0.29) is 16.7 Å². The molecule has 0 aliphatic heterocycles. The number of nitrogens with zero attached hydrogens (tertiary/aromatic N) is 1. The number of H-pyrrole nitrogens is 2. The lowest BCUT2D eigenvalue weighted by atomic mass is 10.1. The number of hydrogen-bond acceptors (Lipinski definition) is 4. The minimum atomic E-state index is -0.486. The van der Waals surface area contributed by atoms with E-state index in [2.05, 4.69) is 20.3 Å². The molecule has 3 heterocycles. The van der Waals surface area contributed by atoms with E-state index in [1.54, 1.807) is 25.4 Å². The fourth-order valence-corrected chi connectivity index (χ4v) is 3.38. The molecule has 3 aromatic heterocycles. The summed E-state index contributed by atoms with van der Waals surface area (Å²) in [5, 5.41) is 5.25. The molecule has 140 valence electrons. The Labute approximate surface area is 164 Å². The van der Waals surface area contributed by atoms with Gasteiger partial charge in [0.15, 0.2) is 0 Å². The van der Waals surface area contributed by atoms with Gasteiger partial charge < -0.3 is 15.3 Å². The van der Waals surface area contributed by atoms with Crippen molar-refractivity contribution < 1.29 is 4.39 Å². The summed E-state index contributed by atoms with van der Waals surface area (Å²) in [6.45, 7) is 2.93. The molecular formula is C19H18ClFN4OS. The van der Waals surface area contributed by atoms with Crippen molar-refractivity contribution in [2.24, 2.45) is 0 Å². The number of thioether (sulfide) groups is 1. The fraction of sp³-hybridized carbons (Fsp3) is 0.158. The van der Waals surface area contributed by atoms with Gasteiger partial charge in [-0.2, -0.15) is 0 Å². The summed E-state index contributed by atoms with van der Waals surface area (Å²) in [6.07, 6.45) is 6.79. The first-order valence-corrected chi connectivity index (χ1v) is 9.72. The van der Waals surface area contributed by atoms with Gasteiger partial charge in [0.05, 0.1) is 22.0 Å². The topological polar surface area (TPSA) is 73.6 Å². The van der Waals surface area contributed by atoms with Gasteiger partial charge in [-0.25, -0.2) is 9.37 Å². The number of pyridine rings is 2. The molecule has 0 aliphatic rings. The molecule has 0 unspecified atom stereocenters. The zero-order valence-electron chi connectivity index (χ0n) is 15.0. The molecule has 27 heavy (non-hydrogen) atoms. The Morgan fingerprint density at radius 2 is 2.11 bits per heavy atom. The molecule has 0 spiro atoms. The Kier molecular flexibility index (Phi) is 5.72. The first-order chi connectivity index (χ1) is 12.9. The van der Waals surface area contributed by atoms with Crippen LogP contribution in [0.2, 0.25) is 0 Å². The highest BCUT2D eigenvalue weighted by Crippen LogP contribution is 2.31. The lowest BCUT2D eigenvalue weighted by Gasteiger charge is -2.13. The lowest BCUT2D eigenvalue weighted by molar-refractivity contribution is 0.644. The van der Waals surface area contributed by atoms with Crippen molar-refractivity contribution in [1.82, 2.24) is 15.0 Å². The van der Waals surface area contributed by atoms with Crippen molar-refractivity contribution in [1.29, 1.82) is 0 Å². The third-order valence-corrected chi connectivity index (χ3v) is 4.78. The zero-order chi connectivity index (χ0) is 19.6. The highest BCUT2D eigenvalue weighted by atomic mass is 35.5. The highest BCUT2D eigenvalue weighted by molar-refractivity contribution is 7.98. The molecular weight excluding hydrogens is 387 g/mol. The molecule has 0 aromatic carbocycles. The second kappa shape index (κ2) is 8.02. The van der Waals surface area contributed by atoms with Crippen LogP contribution in [0.4, 0.5) is 15.8 Å². The van der Waals surface area contributed by atoms with Crippen LogP contribution in [0.25, 0.3) is 16.6 Å². The number of anilines is 2. The van der Waals surface area contributed by atoms with Crippen LogP contribution in [0.3, 0.4) is 0 Å². The summed E-state index contributed by atoms with van der Waals surface area (Å²) in [4.78, 5) is 22.7. The quantitative estimate of drug-likeness (QED) is 0.384. The minimum Gasteiger partial charge on any atom is -0.353 e. The van der Waals surface area contributed by atoms with E-state index in [4.69, 9.17) is 11.6 Å². The average molecular weight is 405 g/mol. The first-order valence-electron chi connectivity index (χ1n) is 8.11. The van der Waals surface area contributed by atoms with Gasteiger partial charge in [-0.1, -0.05) is 11.6 Å². The zero-order valence-corrected chi connectivity index (χ0v) is 16.6. The molecule has 0 saturated heterocycles. The molecule has 3 N–H and O–H groups in total. The van der Waals surface area contributed by atoms with Crippen molar-refractivity contribution in [3.63, 3.8) is 0 Å². The van der Waals surface area contributed by atoms with Crippen molar-refractivity contribution in [2.45, 2.75) is 18.9 Å². The molecule has 0 bridgehead atoms. The van der Waals surface area contributed by atoms with Crippen LogP contribution in [0, 0.1) is 0 Å². The lowest BCUT2D eigenvalue weighted by Crippen LogP contribution is -2.14. The molecule has 0 atom stereocenters. The maximum absolute atomic E-state index is 14.1. The van der Waals surface area contributed by atoms with Gasteiger partial charge >= 0.3 is 0 Å². The molecule has 0 radical (unpaired) electrons. The number of halogens is 2. The van der Waals surface area contributed by atoms with Gasteiger partial charge in [-0.15, -0.1) is 11.8 Å². The van der Waals surface area contributed by atoms with Gasteiger partial charge in [-0.3, -0.25) is 4.79 Å². The fourth-order valence-electron chi connectivity index (χ4n) is 2.74. The van der Waals surface area contributed by atoms with E-state index in [9.17, 15) is 9.18 Å². The monoisotopic (exact) mass is 404 g/mol. The number of nitrogens with one attached hydrogen (secondary N) is 3. The number of aromatic nitrogens is 3. The van der Waals surface area contributed by atoms with Crippen molar-refractivity contribution >= 4 is 51.3 Å². The number of allylic oxidation sites excluding steroid dienone is 4. The molecule has 0 fully saturated rings. The minimum absolute atomic E-state index is 0.154. The number of rotatable bonds is 5. The molecule has 5 nitrogen and oxygen atoms in total. The SMILES string of the molecule is CSc1[nH]c(=O)c(C(/C=C(\C)Cl)=C(/C)F)cc1Nc1ccnc2[nH]ccc12. The summed E-state index contributed by atoms with van der Waals surface area (Å²) < 4.78 is 14.1. The molecule has 3 aromatic rings. The highest BCUT2D eigenvalue weighted by Gasteiger charge is 2.14. The van der Waals surface area contributed by atoms with E-state index in [1.165, 1.54) is 24.8 Å². The number of fused-ring (bicyclic) bond motifs is 1. The van der Waals surface area contributed by atoms with E-state index < -0.39 is 5.83 Å². The maximum Gasteiger partial charge on any atom is 0.256 e. The van der Waals surface area contributed by atoms with Crippen LogP contribution in [-0.4, -0.2) is 21.2 Å². The van der Waals surface area contributed by atoms with Crippen LogP contribution < -0.4 is 10.9 Å². The molecule has 0 aliphatic carbocycles. The van der Waals surface area contributed by atoms with Gasteiger partial charge in [0, 0.05) is 28.4 Å². The Balaban J connectivity index is 2.15. The van der Waals surface area contributed by atoms with Crippen LogP contribution in [0.5, 0.6) is 0 Å². The maximum atomic E-state index is 14.1. The summed E-state index contributed by atoms with van der Waals surface area (Å²) >= 11 is 7.30. The average Bonchev–Trinajstić information content (AvgIpc) is 3.10. The van der Waals surface area contributed by atoms with E-state index in [0.717, 1.165) is 16.7 Å². The van der Waals surface area contributed by atoms with E-state index >= 15 is 0 Å². The van der Waals surface area contributed by atoms with Crippen LogP contribution in [0.1, 0.15) is 19.4 Å². The van der Waals surface area contributed by atoms with Gasteiger partial charge in [-0.05, 0) is 44.4 Å². The van der Waals surface area contributed by atoms with Crippen molar-refractivity contribution in [3.05, 3.63) is 63.4 Å². The Hall–Kier alpha value is -2.51. The summed E-state index contributed by atoms with van der Waals surface area (Å²) in [5.41, 5.74) is 2.20. The second-order valence-electron chi connectivity index (χ2n) is 5.86. The van der Waals surface area contributed by atoms with E-state index in [1.807, 2.05) is 18.4 Å². The van der Waals surface area contributed by atoms with Gasteiger partial charge in [0.25, 0.3) is 5.56 Å². The second-order valence-corrected chi connectivity index (χ2v) is 7.27. The van der Waals surface area contributed by atoms with E-state index in [0.29, 0.717) is 15.7 Å². The predicted molar refractivity (Wildman–Crippen MR) is 112 cm³/mol. The van der Waals surface area contributed by atoms with Crippen molar-refractivity contribution in [3.8, 4) is 0 Å². The third-order valence-electron chi connectivity index (χ3n) is 3.94. The van der Waals surface area contributed by atoms with Gasteiger partial charge in [0.2, 0.25) is 0 Å². The van der Waals surface area contributed by atoms with Crippen LogP contribution in [-0.2, 0) is 0 Å². The first kappa shape index (κ1) is 19.3. The van der Waals surface area contributed by atoms with Crippen molar-refractivity contribution in [2.75, 3.05) is 11.6 Å². The summed E-state index contributed by atoms with van der Waals surface area (Å²) in [6, 6.07) is 5.38. The molecule has 0 saturated carbocycles. The Bertz CT molecular complexity index is 1110. The Morgan fingerprint density at radius 3 is 2.78 bits per heavy atom. The standard InChI is InChI=1S/C19H18ClFN4OS/c1-10(20)8-13(11(2)21)14-9-16(19(27-3)25-18(14)26)24-15-5-7-23-17-12(15)4-6-22-17/h4-9H,1-3H3,(H,25,26)(H2,22,23,24)/b10-8+,13-11-.